The van der Waals surface area contributed by atoms with Crippen LogP contribution in [0.5, 0.6) is 0 Å². The van der Waals surface area contributed by atoms with Crippen molar-refractivity contribution in [2.75, 3.05) is 43.3 Å². The Morgan fingerprint density at radius 3 is 2.03 bits per heavy atom. The van der Waals surface area contributed by atoms with Crippen LogP contribution in [0.15, 0.2) is 78.9 Å². The van der Waals surface area contributed by atoms with E-state index in [2.05, 4.69) is 53.4 Å². The third kappa shape index (κ3) is 6.92. The van der Waals surface area contributed by atoms with Crippen molar-refractivity contribution in [2.45, 2.75) is 25.8 Å². The third-order valence-electron chi connectivity index (χ3n) is 6.85. The number of benzene rings is 3. The molecule has 3 aromatic carbocycles. The Kier molecular flexibility index (Phi) is 8.90. The maximum absolute atomic E-state index is 13.0. The normalized spacial score (nSPS) is 14.6. The molecule has 1 heterocycles. The monoisotopic (exact) mass is 539 g/mol. The van der Waals surface area contributed by atoms with Gasteiger partial charge in [-0.25, -0.2) is 8.42 Å². The second-order valence-electron chi connectivity index (χ2n) is 9.51. The SMILES string of the molecule is Cc1ccc(Cl)cc1N(CCCC(=O)N1CCN(C(c2ccccc2)c2ccccc2)CC1)S(C)(=O)=O. The standard InChI is InChI=1S/C29H34ClN3O3S/c1-23-15-16-26(30)22-27(23)33(37(2,35)36)17-9-14-28(34)31-18-20-32(21-19-31)29(24-10-5-3-6-11-24)25-12-7-4-8-13-25/h3-8,10-13,15-16,22,29H,9,14,17-21H2,1-2H3. The van der Waals surface area contributed by atoms with Gasteiger partial charge in [0.1, 0.15) is 0 Å². The van der Waals surface area contributed by atoms with Crippen molar-refractivity contribution in [3.05, 3.63) is 101 Å². The molecular formula is C29H34ClN3O3S. The molecule has 0 N–H and O–H groups in total. The molecular weight excluding hydrogens is 506 g/mol. The molecule has 1 aliphatic heterocycles. The van der Waals surface area contributed by atoms with E-state index in [4.69, 9.17) is 11.6 Å². The van der Waals surface area contributed by atoms with Crippen LogP contribution in [0.1, 0.15) is 35.6 Å². The van der Waals surface area contributed by atoms with E-state index < -0.39 is 10.0 Å². The summed E-state index contributed by atoms with van der Waals surface area (Å²) in [6.45, 7) is 4.94. The number of anilines is 1. The average Bonchev–Trinajstić information content (AvgIpc) is 2.89. The molecule has 8 heteroatoms. The van der Waals surface area contributed by atoms with E-state index in [1.807, 2.05) is 24.0 Å². The highest BCUT2D eigenvalue weighted by Crippen LogP contribution is 2.30. The molecule has 0 unspecified atom stereocenters. The molecule has 0 saturated carbocycles. The van der Waals surface area contributed by atoms with Gasteiger partial charge < -0.3 is 4.90 Å². The average molecular weight is 540 g/mol. The summed E-state index contributed by atoms with van der Waals surface area (Å²) in [5.41, 5.74) is 3.86. The Balaban J connectivity index is 1.36. The summed E-state index contributed by atoms with van der Waals surface area (Å²) in [4.78, 5) is 17.4. The number of rotatable bonds is 9. The Morgan fingerprint density at radius 1 is 0.919 bits per heavy atom. The van der Waals surface area contributed by atoms with Crippen LogP contribution < -0.4 is 4.31 Å². The molecule has 1 fully saturated rings. The number of hydrogen-bond acceptors (Lipinski definition) is 4. The van der Waals surface area contributed by atoms with Gasteiger partial charge in [0.05, 0.1) is 18.0 Å². The molecule has 3 aromatic rings. The fraction of sp³-hybridized carbons (Fsp3) is 0.345. The number of aryl methyl sites for hydroxylation is 1. The number of hydrogen-bond donors (Lipinski definition) is 0. The minimum absolute atomic E-state index is 0.0619. The Labute approximate surface area is 225 Å². The number of halogens is 1. The molecule has 6 nitrogen and oxygen atoms in total. The minimum Gasteiger partial charge on any atom is -0.340 e. The van der Waals surface area contributed by atoms with Crippen LogP contribution in [0, 0.1) is 6.92 Å². The molecule has 0 spiro atoms. The quantitative estimate of drug-likeness (QED) is 0.378. The van der Waals surface area contributed by atoms with Crippen LogP contribution in [0.3, 0.4) is 0 Å². The fourth-order valence-corrected chi connectivity index (χ4v) is 6.14. The smallest absolute Gasteiger partial charge is 0.232 e. The maximum Gasteiger partial charge on any atom is 0.232 e. The van der Waals surface area contributed by atoms with Gasteiger partial charge >= 0.3 is 0 Å². The summed E-state index contributed by atoms with van der Waals surface area (Å²) in [6, 6.07) is 26.3. The van der Waals surface area contributed by atoms with Crippen LogP contribution in [-0.2, 0) is 14.8 Å². The zero-order valence-electron chi connectivity index (χ0n) is 21.4. The van der Waals surface area contributed by atoms with Gasteiger partial charge in [0.15, 0.2) is 0 Å². The summed E-state index contributed by atoms with van der Waals surface area (Å²) < 4.78 is 26.3. The molecule has 1 amide bonds. The number of nitrogens with zero attached hydrogens (tertiary/aromatic N) is 3. The van der Waals surface area contributed by atoms with Gasteiger partial charge in [-0.05, 0) is 42.2 Å². The first-order valence-corrected chi connectivity index (χ1v) is 14.8. The molecule has 0 atom stereocenters. The first-order valence-electron chi connectivity index (χ1n) is 12.6. The number of carbonyl (C=O) groups excluding carboxylic acids is 1. The van der Waals surface area contributed by atoms with E-state index >= 15 is 0 Å². The number of sulfonamides is 1. The van der Waals surface area contributed by atoms with Crippen molar-refractivity contribution in [3.8, 4) is 0 Å². The maximum atomic E-state index is 13.0. The summed E-state index contributed by atoms with van der Waals surface area (Å²) in [7, 11) is -3.51. The lowest BCUT2D eigenvalue weighted by atomic mass is 9.96. The second kappa shape index (κ2) is 12.1. The number of piperazine rings is 1. The molecule has 1 aliphatic rings. The molecule has 0 aromatic heterocycles. The Hall–Kier alpha value is -2.87. The Bertz CT molecular complexity index is 1250. The Morgan fingerprint density at radius 2 is 1.49 bits per heavy atom. The van der Waals surface area contributed by atoms with Crippen molar-refractivity contribution in [2.24, 2.45) is 0 Å². The topological polar surface area (TPSA) is 60.9 Å². The highest BCUT2D eigenvalue weighted by molar-refractivity contribution is 7.92. The van der Waals surface area contributed by atoms with Gasteiger partial charge in [-0.3, -0.25) is 14.0 Å². The summed E-state index contributed by atoms with van der Waals surface area (Å²) in [5.74, 6) is 0.0619. The lowest BCUT2D eigenvalue weighted by Gasteiger charge is -2.40. The highest BCUT2D eigenvalue weighted by atomic mass is 35.5. The zero-order valence-corrected chi connectivity index (χ0v) is 23.0. The predicted octanol–water partition coefficient (Wildman–Crippen LogP) is 5.13. The van der Waals surface area contributed by atoms with Crippen molar-refractivity contribution in [1.29, 1.82) is 0 Å². The first-order chi connectivity index (χ1) is 17.7. The van der Waals surface area contributed by atoms with Gasteiger partial charge in [-0.2, -0.15) is 0 Å². The van der Waals surface area contributed by atoms with Gasteiger partial charge in [0.25, 0.3) is 0 Å². The molecule has 0 bridgehead atoms. The highest BCUT2D eigenvalue weighted by Gasteiger charge is 2.28. The van der Waals surface area contributed by atoms with Gasteiger partial charge in [-0.15, -0.1) is 0 Å². The van der Waals surface area contributed by atoms with Crippen LogP contribution in [0.2, 0.25) is 5.02 Å². The molecule has 37 heavy (non-hydrogen) atoms. The van der Waals surface area contributed by atoms with Crippen molar-refractivity contribution >= 4 is 33.2 Å². The van der Waals surface area contributed by atoms with Crippen LogP contribution in [0.4, 0.5) is 5.69 Å². The lowest BCUT2D eigenvalue weighted by Crippen LogP contribution is -2.50. The van der Waals surface area contributed by atoms with Crippen molar-refractivity contribution < 1.29 is 13.2 Å². The van der Waals surface area contributed by atoms with Gasteiger partial charge in [0.2, 0.25) is 15.9 Å². The van der Waals surface area contributed by atoms with Crippen molar-refractivity contribution in [3.63, 3.8) is 0 Å². The molecule has 0 radical (unpaired) electrons. The molecule has 0 aliphatic carbocycles. The number of carbonyl (C=O) groups is 1. The summed E-state index contributed by atoms with van der Waals surface area (Å²) in [5, 5.41) is 0.479. The van der Waals surface area contributed by atoms with Crippen LogP contribution in [0.25, 0.3) is 0 Å². The second-order valence-corrected chi connectivity index (χ2v) is 11.9. The van der Waals surface area contributed by atoms with Crippen LogP contribution in [-0.4, -0.2) is 63.1 Å². The first kappa shape index (κ1) is 27.2. The van der Waals surface area contributed by atoms with E-state index in [-0.39, 0.29) is 18.5 Å². The van der Waals surface area contributed by atoms with Gasteiger partial charge in [-0.1, -0.05) is 78.3 Å². The van der Waals surface area contributed by atoms with E-state index in [1.165, 1.54) is 21.7 Å². The summed E-state index contributed by atoms with van der Waals surface area (Å²) in [6.07, 6.45) is 1.92. The lowest BCUT2D eigenvalue weighted by molar-refractivity contribution is -0.133. The molecule has 1 saturated heterocycles. The van der Waals surface area contributed by atoms with Crippen molar-refractivity contribution in [1.82, 2.24) is 9.80 Å². The fourth-order valence-electron chi connectivity index (χ4n) is 4.96. The summed E-state index contributed by atoms with van der Waals surface area (Å²) >= 11 is 6.12. The van der Waals surface area contributed by atoms with Gasteiger partial charge in [0, 0.05) is 44.2 Å². The van der Waals surface area contributed by atoms with E-state index in [0.717, 1.165) is 18.7 Å². The van der Waals surface area contributed by atoms with Crippen LogP contribution >= 0.6 is 11.6 Å². The zero-order chi connectivity index (χ0) is 26.4. The largest absolute Gasteiger partial charge is 0.340 e. The van der Waals surface area contributed by atoms with E-state index in [1.54, 1.807) is 18.2 Å². The minimum atomic E-state index is -3.51. The molecule has 196 valence electrons. The predicted molar refractivity (Wildman–Crippen MR) is 150 cm³/mol. The number of amides is 1. The third-order valence-corrected chi connectivity index (χ3v) is 8.27. The van der Waals surface area contributed by atoms with E-state index in [9.17, 15) is 13.2 Å². The molecule has 4 rings (SSSR count). The van der Waals surface area contributed by atoms with E-state index in [0.29, 0.717) is 36.6 Å².